The number of alkyl halides is 1. The molecular formula is C24H33FO16. The molecule has 232 valence electrons. The summed E-state index contributed by atoms with van der Waals surface area (Å²) in [7, 11) is 0. The van der Waals surface area contributed by atoms with Crippen LogP contribution in [0, 0.1) is 0 Å². The van der Waals surface area contributed by atoms with Gasteiger partial charge in [0, 0.05) is 41.5 Å². The Morgan fingerprint density at radius 2 is 1.00 bits per heavy atom. The van der Waals surface area contributed by atoms with Crippen LogP contribution in [-0.4, -0.2) is 116 Å². The van der Waals surface area contributed by atoms with Gasteiger partial charge in [0.25, 0.3) is 0 Å². The predicted molar refractivity (Wildman–Crippen MR) is 125 cm³/mol. The Morgan fingerprint density at radius 1 is 0.585 bits per heavy atom. The molecule has 0 radical (unpaired) electrons. The lowest BCUT2D eigenvalue weighted by Gasteiger charge is -2.47. The standard InChI is InChI=1S/C24H33FO16/c1-9(26)33-7-15-18(20(36-12(4)29)17(25)23(32)39-15)41-24-22(38-14(6)31)21(37-13(5)30)19(35-11(3)28)16(40-24)8-34-10(2)27/h15-24,32H,7-8H2,1-6H3/t15-,16-,17-,18?,19+,20-,21+,22-,23+,24?/m1/s1. The van der Waals surface area contributed by atoms with Gasteiger partial charge < -0.3 is 47.7 Å². The summed E-state index contributed by atoms with van der Waals surface area (Å²) >= 11 is 0. The summed E-state index contributed by atoms with van der Waals surface area (Å²) in [6, 6.07) is 0. The van der Waals surface area contributed by atoms with Crippen molar-refractivity contribution in [2.75, 3.05) is 13.2 Å². The first-order chi connectivity index (χ1) is 19.1. The first-order valence-electron chi connectivity index (χ1n) is 12.3. The van der Waals surface area contributed by atoms with Crippen molar-refractivity contribution in [3.05, 3.63) is 0 Å². The fourth-order valence-electron chi connectivity index (χ4n) is 4.16. The number of aliphatic hydroxyl groups excluding tert-OH is 1. The Bertz CT molecular complexity index is 987. The fourth-order valence-corrected chi connectivity index (χ4v) is 4.16. The molecule has 0 spiro atoms. The van der Waals surface area contributed by atoms with Gasteiger partial charge in [0.2, 0.25) is 0 Å². The molecule has 0 bridgehead atoms. The number of hydrogen-bond donors (Lipinski definition) is 1. The molecule has 2 heterocycles. The van der Waals surface area contributed by atoms with Crippen molar-refractivity contribution in [2.45, 2.75) is 103 Å². The molecule has 41 heavy (non-hydrogen) atoms. The van der Waals surface area contributed by atoms with E-state index in [1.54, 1.807) is 0 Å². The van der Waals surface area contributed by atoms with Gasteiger partial charge in [-0.15, -0.1) is 0 Å². The zero-order chi connectivity index (χ0) is 31.0. The first-order valence-corrected chi connectivity index (χ1v) is 12.3. The minimum Gasteiger partial charge on any atom is -0.463 e. The van der Waals surface area contributed by atoms with Crippen molar-refractivity contribution < 1.29 is 80.9 Å². The average molecular weight is 597 g/mol. The van der Waals surface area contributed by atoms with Crippen LogP contribution in [0.1, 0.15) is 41.5 Å². The lowest BCUT2D eigenvalue weighted by Crippen LogP contribution is -2.66. The Balaban J connectivity index is 2.58. The number of esters is 6. The van der Waals surface area contributed by atoms with Gasteiger partial charge in [-0.3, -0.25) is 28.8 Å². The fraction of sp³-hybridized carbons (Fsp3) is 0.750. The number of rotatable bonds is 10. The maximum Gasteiger partial charge on any atom is 0.303 e. The maximum atomic E-state index is 15.1. The topological polar surface area (TPSA) is 206 Å². The second-order valence-electron chi connectivity index (χ2n) is 9.05. The van der Waals surface area contributed by atoms with Gasteiger partial charge in [0.15, 0.2) is 43.2 Å². The van der Waals surface area contributed by atoms with Crippen LogP contribution in [0.15, 0.2) is 0 Å². The summed E-state index contributed by atoms with van der Waals surface area (Å²) in [5.41, 5.74) is 0. The second kappa shape index (κ2) is 15.0. The highest BCUT2D eigenvalue weighted by molar-refractivity contribution is 5.69. The minimum absolute atomic E-state index is 0.576. The molecule has 0 amide bonds. The van der Waals surface area contributed by atoms with Gasteiger partial charge in [0.05, 0.1) is 0 Å². The molecule has 2 rings (SSSR count). The summed E-state index contributed by atoms with van der Waals surface area (Å²) in [5, 5.41) is 10.1. The molecule has 0 saturated carbocycles. The number of carbonyl (C=O) groups is 6. The van der Waals surface area contributed by atoms with Crippen molar-refractivity contribution in [2.24, 2.45) is 0 Å². The van der Waals surface area contributed by atoms with Crippen LogP contribution in [0.3, 0.4) is 0 Å². The van der Waals surface area contributed by atoms with Gasteiger partial charge >= 0.3 is 35.8 Å². The normalized spacial score (nSPS) is 33.1. The molecule has 16 nitrogen and oxygen atoms in total. The summed E-state index contributed by atoms with van der Waals surface area (Å²) < 4.78 is 62.9. The van der Waals surface area contributed by atoms with Crippen LogP contribution < -0.4 is 0 Å². The van der Waals surface area contributed by atoms with Crippen LogP contribution in [0.2, 0.25) is 0 Å². The van der Waals surface area contributed by atoms with Crippen LogP contribution in [0.5, 0.6) is 0 Å². The lowest BCUT2D eigenvalue weighted by atomic mass is 9.96. The van der Waals surface area contributed by atoms with Gasteiger partial charge in [-0.05, 0) is 0 Å². The Hall–Kier alpha value is -3.41. The smallest absolute Gasteiger partial charge is 0.303 e. The molecule has 2 aliphatic rings. The van der Waals surface area contributed by atoms with Gasteiger partial charge in [0.1, 0.15) is 31.5 Å². The molecule has 2 fully saturated rings. The molecule has 2 unspecified atom stereocenters. The third-order valence-corrected chi connectivity index (χ3v) is 5.58. The number of carbonyl (C=O) groups excluding carboxylic acids is 6. The van der Waals surface area contributed by atoms with Crippen molar-refractivity contribution >= 4 is 35.8 Å². The maximum absolute atomic E-state index is 15.1. The number of hydrogen-bond acceptors (Lipinski definition) is 16. The van der Waals surface area contributed by atoms with E-state index in [1.807, 2.05) is 0 Å². The third-order valence-electron chi connectivity index (χ3n) is 5.58. The molecule has 2 saturated heterocycles. The summed E-state index contributed by atoms with van der Waals surface area (Å²) in [5.74, 6) is -5.22. The van der Waals surface area contributed by atoms with Crippen molar-refractivity contribution in [3.8, 4) is 0 Å². The van der Waals surface area contributed by atoms with Crippen LogP contribution in [0.25, 0.3) is 0 Å². The molecular weight excluding hydrogens is 563 g/mol. The summed E-state index contributed by atoms with van der Waals surface area (Å²) in [4.78, 5) is 70.7. The third kappa shape index (κ3) is 9.87. The molecule has 0 aromatic heterocycles. The highest BCUT2D eigenvalue weighted by Crippen LogP contribution is 2.34. The van der Waals surface area contributed by atoms with E-state index in [0.717, 1.165) is 41.5 Å². The van der Waals surface area contributed by atoms with E-state index in [2.05, 4.69) is 0 Å². The predicted octanol–water partition coefficient (Wildman–Crippen LogP) is -0.995. The van der Waals surface area contributed by atoms with E-state index in [1.165, 1.54) is 0 Å². The highest BCUT2D eigenvalue weighted by atomic mass is 19.1. The molecule has 2 aliphatic heterocycles. The van der Waals surface area contributed by atoms with Crippen molar-refractivity contribution in [3.63, 3.8) is 0 Å². The molecule has 0 aromatic carbocycles. The monoisotopic (exact) mass is 596 g/mol. The quantitative estimate of drug-likeness (QED) is 0.237. The highest BCUT2D eigenvalue weighted by Gasteiger charge is 2.56. The van der Waals surface area contributed by atoms with E-state index in [0.29, 0.717) is 0 Å². The average Bonchev–Trinajstić information content (AvgIpc) is 2.83. The Morgan fingerprint density at radius 3 is 1.46 bits per heavy atom. The van der Waals surface area contributed by atoms with E-state index < -0.39 is 111 Å². The van der Waals surface area contributed by atoms with E-state index in [9.17, 15) is 33.9 Å². The largest absolute Gasteiger partial charge is 0.463 e. The summed E-state index contributed by atoms with van der Waals surface area (Å²) in [6.45, 7) is 4.96. The Labute approximate surface area is 233 Å². The van der Waals surface area contributed by atoms with Gasteiger partial charge in [-0.1, -0.05) is 0 Å². The number of ether oxygens (including phenoxy) is 9. The number of halogens is 1. The van der Waals surface area contributed by atoms with E-state index in [-0.39, 0.29) is 0 Å². The van der Waals surface area contributed by atoms with Crippen molar-refractivity contribution in [1.29, 1.82) is 0 Å². The summed E-state index contributed by atoms with van der Waals surface area (Å²) in [6.07, 6.45) is -17.6. The molecule has 1 N–H and O–H groups in total. The lowest BCUT2D eigenvalue weighted by molar-refractivity contribution is -0.352. The van der Waals surface area contributed by atoms with Gasteiger partial charge in [-0.25, -0.2) is 4.39 Å². The zero-order valence-corrected chi connectivity index (χ0v) is 23.1. The molecule has 10 atom stereocenters. The van der Waals surface area contributed by atoms with Gasteiger partial charge in [-0.2, -0.15) is 0 Å². The number of aliphatic hydroxyl groups is 1. The Kier molecular flexibility index (Phi) is 12.4. The van der Waals surface area contributed by atoms with Crippen LogP contribution in [0.4, 0.5) is 4.39 Å². The second-order valence-corrected chi connectivity index (χ2v) is 9.05. The van der Waals surface area contributed by atoms with E-state index >= 15 is 4.39 Å². The van der Waals surface area contributed by atoms with Crippen LogP contribution >= 0.6 is 0 Å². The first kappa shape index (κ1) is 33.8. The molecule has 0 aromatic rings. The minimum atomic E-state index is -2.37. The van der Waals surface area contributed by atoms with Crippen molar-refractivity contribution in [1.82, 2.24) is 0 Å². The SMILES string of the molecule is CC(=O)OC[C@H]1O[C@H](O)[C@H](F)[C@@H](OC(C)=O)C1OC1O[C@H](COC(C)=O)[C@H](OC(C)=O)[C@H](OC(C)=O)[C@H]1OC(C)=O. The molecule has 0 aliphatic carbocycles. The zero-order valence-electron chi connectivity index (χ0n) is 23.1. The van der Waals surface area contributed by atoms with E-state index in [4.69, 9.17) is 42.6 Å². The van der Waals surface area contributed by atoms with Crippen LogP contribution in [-0.2, 0) is 71.4 Å². The molecule has 17 heteroatoms.